The van der Waals surface area contributed by atoms with Gasteiger partial charge in [-0.15, -0.1) is 10.2 Å². The molecule has 1 aliphatic rings. The Hall–Kier alpha value is -2.40. The van der Waals surface area contributed by atoms with Crippen molar-refractivity contribution in [2.75, 3.05) is 36.0 Å². The van der Waals surface area contributed by atoms with Gasteiger partial charge in [0, 0.05) is 31.6 Å². The molecule has 0 saturated carbocycles. The Morgan fingerprint density at radius 3 is 2.17 bits per heavy atom. The number of nitrogens with zero attached hydrogens (tertiary/aromatic N) is 5. The molecule has 0 atom stereocenters. The number of piperazine rings is 1. The Labute approximate surface area is 139 Å². The molecule has 23 heavy (non-hydrogen) atoms. The summed E-state index contributed by atoms with van der Waals surface area (Å²) >= 11 is 5.79. The SMILES string of the molecule is Clc1ccc(N2CCN(c3ccc4ccccc4n3)CC2)nn1. The molecule has 0 N–H and O–H groups in total. The summed E-state index contributed by atoms with van der Waals surface area (Å²) in [6, 6.07) is 16.1. The standard InChI is InChI=1S/C17H16ClN5/c18-15-6-8-17(21-20-15)23-11-9-22(10-12-23)16-7-5-13-3-1-2-4-14(13)19-16/h1-8H,9-12H2. The van der Waals surface area contributed by atoms with Crippen molar-refractivity contribution in [3.05, 3.63) is 53.7 Å². The van der Waals surface area contributed by atoms with E-state index in [-0.39, 0.29) is 0 Å². The van der Waals surface area contributed by atoms with Gasteiger partial charge >= 0.3 is 0 Å². The van der Waals surface area contributed by atoms with Gasteiger partial charge in [0.25, 0.3) is 0 Å². The van der Waals surface area contributed by atoms with E-state index in [0.29, 0.717) is 5.15 Å². The Morgan fingerprint density at radius 2 is 1.43 bits per heavy atom. The molecule has 2 aromatic heterocycles. The average molecular weight is 326 g/mol. The predicted octanol–water partition coefficient (Wildman–Crippen LogP) is 3.00. The number of para-hydroxylation sites is 1. The molecule has 0 amide bonds. The minimum atomic E-state index is 0.424. The number of anilines is 2. The number of benzene rings is 1. The smallest absolute Gasteiger partial charge is 0.151 e. The highest BCUT2D eigenvalue weighted by molar-refractivity contribution is 6.29. The highest BCUT2D eigenvalue weighted by atomic mass is 35.5. The van der Waals surface area contributed by atoms with E-state index in [1.165, 1.54) is 5.39 Å². The first-order chi connectivity index (χ1) is 11.3. The molecule has 1 fully saturated rings. The van der Waals surface area contributed by atoms with Crippen LogP contribution in [0.1, 0.15) is 0 Å². The van der Waals surface area contributed by atoms with Crippen molar-refractivity contribution in [2.45, 2.75) is 0 Å². The molecule has 1 saturated heterocycles. The second-order valence-corrected chi connectivity index (χ2v) is 5.94. The summed E-state index contributed by atoms with van der Waals surface area (Å²) in [6.07, 6.45) is 0. The fraction of sp³-hybridized carbons (Fsp3) is 0.235. The summed E-state index contributed by atoms with van der Waals surface area (Å²) in [6.45, 7) is 3.61. The summed E-state index contributed by atoms with van der Waals surface area (Å²) in [5.74, 6) is 1.91. The van der Waals surface area contributed by atoms with E-state index >= 15 is 0 Å². The first-order valence-corrected chi connectivity index (χ1v) is 8.02. The van der Waals surface area contributed by atoms with Crippen molar-refractivity contribution in [2.24, 2.45) is 0 Å². The number of hydrogen-bond acceptors (Lipinski definition) is 5. The fourth-order valence-electron chi connectivity index (χ4n) is 2.87. The van der Waals surface area contributed by atoms with E-state index in [1.807, 2.05) is 18.2 Å². The monoisotopic (exact) mass is 325 g/mol. The maximum absolute atomic E-state index is 5.79. The third kappa shape index (κ3) is 2.92. The molecule has 1 aromatic carbocycles. The van der Waals surface area contributed by atoms with Crippen molar-refractivity contribution < 1.29 is 0 Å². The lowest BCUT2D eigenvalue weighted by Crippen LogP contribution is -2.47. The van der Waals surface area contributed by atoms with Crippen LogP contribution in [0.25, 0.3) is 10.9 Å². The Balaban J connectivity index is 1.49. The Kier molecular flexibility index (Phi) is 3.71. The lowest BCUT2D eigenvalue weighted by Gasteiger charge is -2.35. The van der Waals surface area contributed by atoms with Crippen LogP contribution < -0.4 is 9.80 Å². The third-order valence-corrected chi connectivity index (χ3v) is 4.33. The van der Waals surface area contributed by atoms with Crippen LogP contribution >= 0.6 is 11.6 Å². The lowest BCUT2D eigenvalue weighted by molar-refractivity contribution is 0.639. The van der Waals surface area contributed by atoms with Crippen LogP contribution in [0.2, 0.25) is 5.15 Å². The summed E-state index contributed by atoms with van der Waals surface area (Å²) < 4.78 is 0. The molecular formula is C17H16ClN5. The third-order valence-electron chi connectivity index (χ3n) is 4.13. The van der Waals surface area contributed by atoms with E-state index in [4.69, 9.17) is 16.6 Å². The molecule has 116 valence electrons. The van der Waals surface area contributed by atoms with Gasteiger partial charge < -0.3 is 9.80 Å². The topological polar surface area (TPSA) is 45.2 Å². The number of hydrogen-bond donors (Lipinski definition) is 0. The maximum Gasteiger partial charge on any atom is 0.151 e. The second kappa shape index (κ2) is 6.01. The quantitative estimate of drug-likeness (QED) is 0.724. The van der Waals surface area contributed by atoms with Gasteiger partial charge in [-0.3, -0.25) is 0 Å². The molecular weight excluding hydrogens is 310 g/mol. The second-order valence-electron chi connectivity index (χ2n) is 5.55. The average Bonchev–Trinajstić information content (AvgIpc) is 2.62. The molecule has 3 heterocycles. The summed E-state index contributed by atoms with van der Waals surface area (Å²) in [5.41, 5.74) is 1.04. The van der Waals surface area contributed by atoms with Gasteiger partial charge in [0.05, 0.1) is 5.52 Å². The maximum atomic E-state index is 5.79. The zero-order valence-corrected chi connectivity index (χ0v) is 13.3. The van der Waals surface area contributed by atoms with E-state index in [0.717, 1.165) is 43.3 Å². The molecule has 4 rings (SSSR count). The van der Waals surface area contributed by atoms with Crippen LogP contribution in [0.3, 0.4) is 0 Å². The van der Waals surface area contributed by atoms with Crippen LogP contribution in [-0.2, 0) is 0 Å². The van der Waals surface area contributed by atoms with Gasteiger partial charge in [-0.25, -0.2) is 4.98 Å². The lowest BCUT2D eigenvalue weighted by atomic mass is 10.2. The summed E-state index contributed by atoms with van der Waals surface area (Å²) in [7, 11) is 0. The number of pyridine rings is 1. The fourth-order valence-corrected chi connectivity index (χ4v) is 2.97. The van der Waals surface area contributed by atoms with E-state index < -0.39 is 0 Å². The van der Waals surface area contributed by atoms with Crippen LogP contribution in [0.4, 0.5) is 11.6 Å². The van der Waals surface area contributed by atoms with Gasteiger partial charge in [0.15, 0.2) is 11.0 Å². The van der Waals surface area contributed by atoms with Gasteiger partial charge in [-0.1, -0.05) is 29.8 Å². The van der Waals surface area contributed by atoms with Gasteiger partial charge in [0.1, 0.15) is 5.82 Å². The number of aromatic nitrogens is 3. The van der Waals surface area contributed by atoms with Crippen molar-refractivity contribution in [1.29, 1.82) is 0 Å². The van der Waals surface area contributed by atoms with E-state index in [1.54, 1.807) is 6.07 Å². The Morgan fingerprint density at radius 1 is 0.739 bits per heavy atom. The van der Waals surface area contributed by atoms with Crippen molar-refractivity contribution in [1.82, 2.24) is 15.2 Å². The molecule has 6 heteroatoms. The van der Waals surface area contributed by atoms with Crippen molar-refractivity contribution in [3.8, 4) is 0 Å². The molecule has 0 aliphatic carbocycles. The van der Waals surface area contributed by atoms with Crippen LogP contribution in [0.5, 0.6) is 0 Å². The highest BCUT2D eigenvalue weighted by Crippen LogP contribution is 2.21. The van der Waals surface area contributed by atoms with E-state index in [2.05, 4.69) is 44.3 Å². The first-order valence-electron chi connectivity index (χ1n) is 7.64. The number of rotatable bonds is 2. The van der Waals surface area contributed by atoms with Crippen LogP contribution in [0.15, 0.2) is 48.5 Å². The minimum absolute atomic E-state index is 0.424. The molecule has 0 spiro atoms. The number of fused-ring (bicyclic) bond motifs is 1. The highest BCUT2D eigenvalue weighted by Gasteiger charge is 2.19. The zero-order chi connectivity index (χ0) is 15.6. The van der Waals surface area contributed by atoms with Gasteiger partial charge in [-0.05, 0) is 30.3 Å². The van der Waals surface area contributed by atoms with Gasteiger partial charge in [-0.2, -0.15) is 0 Å². The molecule has 0 bridgehead atoms. The molecule has 5 nitrogen and oxygen atoms in total. The van der Waals surface area contributed by atoms with Crippen LogP contribution in [0, 0.1) is 0 Å². The normalized spacial score (nSPS) is 15.2. The van der Waals surface area contributed by atoms with Crippen molar-refractivity contribution in [3.63, 3.8) is 0 Å². The molecule has 0 radical (unpaired) electrons. The van der Waals surface area contributed by atoms with E-state index in [9.17, 15) is 0 Å². The van der Waals surface area contributed by atoms with Crippen LogP contribution in [-0.4, -0.2) is 41.4 Å². The summed E-state index contributed by atoms with van der Waals surface area (Å²) in [4.78, 5) is 9.31. The number of halogens is 1. The first kappa shape index (κ1) is 14.2. The Bertz CT molecular complexity index is 813. The molecule has 1 aliphatic heterocycles. The van der Waals surface area contributed by atoms with Crippen molar-refractivity contribution >= 4 is 34.1 Å². The zero-order valence-electron chi connectivity index (χ0n) is 12.6. The largest absolute Gasteiger partial charge is 0.353 e. The minimum Gasteiger partial charge on any atom is -0.353 e. The van der Waals surface area contributed by atoms with Gasteiger partial charge in [0.2, 0.25) is 0 Å². The molecule has 0 unspecified atom stereocenters. The predicted molar refractivity (Wildman–Crippen MR) is 93.2 cm³/mol. The molecule has 3 aromatic rings. The summed E-state index contributed by atoms with van der Waals surface area (Å²) in [5, 5.41) is 9.66.